The summed E-state index contributed by atoms with van der Waals surface area (Å²) in [5.74, 6) is 2.39. The van der Waals surface area contributed by atoms with Gasteiger partial charge >= 0.3 is 0 Å². The number of hydrogen-bond donors (Lipinski definition) is 2. The van der Waals surface area contributed by atoms with E-state index in [4.69, 9.17) is 21.6 Å². The second-order valence-corrected chi connectivity index (χ2v) is 9.29. The van der Waals surface area contributed by atoms with Crippen LogP contribution in [0.2, 0.25) is 5.02 Å². The third kappa shape index (κ3) is 5.21. The number of carbonyl (C=O) groups excluding carboxylic acids is 1. The predicted octanol–water partition coefficient (Wildman–Crippen LogP) is 5.09. The predicted molar refractivity (Wildman–Crippen MR) is 128 cm³/mol. The highest BCUT2D eigenvalue weighted by Gasteiger charge is 2.22. The fourth-order valence-corrected chi connectivity index (χ4v) is 4.44. The van der Waals surface area contributed by atoms with Crippen molar-refractivity contribution >= 4 is 34.4 Å². The highest BCUT2D eigenvalue weighted by molar-refractivity contribution is 6.32. The van der Waals surface area contributed by atoms with Crippen molar-refractivity contribution in [3.8, 4) is 5.69 Å². The molecule has 32 heavy (non-hydrogen) atoms. The Labute approximate surface area is 194 Å². The van der Waals surface area contributed by atoms with Crippen LogP contribution >= 0.6 is 11.6 Å². The SMILES string of the molecule is CC(C)CC(=O)NCCNc1nc(C2CCCCC2)nc2c1cnn2-c1ccccc1Cl. The summed E-state index contributed by atoms with van der Waals surface area (Å²) in [5.41, 5.74) is 1.55. The van der Waals surface area contributed by atoms with E-state index in [-0.39, 0.29) is 5.91 Å². The minimum Gasteiger partial charge on any atom is -0.368 e. The molecule has 0 saturated heterocycles. The van der Waals surface area contributed by atoms with Gasteiger partial charge in [0.2, 0.25) is 5.91 Å². The number of halogens is 1. The lowest BCUT2D eigenvalue weighted by molar-refractivity contribution is -0.121. The number of benzene rings is 1. The zero-order valence-corrected chi connectivity index (χ0v) is 19.5. The summed E-state index contributed by atoms with van der Waals surface area (Å²) >= 11 is 6.45. The summed E-state index contributed by atoms with van der Waals surface area (Å²) in [7, 11) is 0. The van der Waals surface area contributed by atoms with Crippen LogP contribution in [0, 0.1) is 5.92 Å². The van der Waals surface area contributed by atoms with Crippen molar-refractivity contribution in [1.82, 2.24) is 25.1 Å². The number of amides is 1. The van der Waals surface area contributed by atoms with Gasteiger partial charge in [0, 0.05) is 25.4 Å². The van der Waals surface area contributed by atoms with Crippen LogP contribution in [-0.2, 0) is 4.79 Å². The van der Waals surface area contributed by atoms with E-state index in [1.165, 1.54) is 19.3 Å². The summed E-state index contributed by atoms with van der Waals surface area (Å²) in [5, 5.41) is 12.4. The Kier molecular flexibility index (Phi) is 7.25. The van der Waals surface area contributed by atoms with E-state index >= 15 is 0 Å². The molecular weight excluding hydrogens is 424 g/mol. The van der Waals surface area contributed by atoms with Gasteiger partial charge in [-0.15, -0.1) is 0 Å². The zero-order valence-electron chi connectivity index (χ0n) is 18.8. The van der Waals surface area contributed by atoms with E-state index in [0.29, 0.717) is 36.4 Å². The molecule has 8 heteroatoms. The molecule has 1 aliphatic rings. The zero-order chi connectivity index (χ0) is 22.5. The third-order valence-corrected chi connectivity index (χ3v) is 6.15. The first-order valence-corrected chi connectivity index (χ1v) is 11.9. The molecule has 0 aliphatic heterocycles. The molecular formula is C24H31ClN6O. The van der Waals surface area contributed by atoms with Gasteiger partial charge < -0.3 is 10.6 Å². The Hall–Kier alpha value is -2.67. The fraction of sp³-hybridized carbons (Fsp3) is 0.500. The summed E-state index contributed by atoms with van der Waals surface area (Å²) < 4.78 is 1.79. The molecule has 7 nitrogen and oxygen atoms in total. The number of para-hydroxylation sites is 1. The molecule has 1 saturated carbocycles. The summed E-state index contributed by atoms with van der Waals surface area (Å²) in [4.78, 5) is 21.8. The van der Waals surface area contributed by atoms with E-state index in [2.05, 4.69) is 15.7 Å². The van der Waals surface area contributed by atoms with Crippen LogP contribution in [0.5, 0.6) is 0 Å². The molecule has 3 aromatic rings. The van der Waals surface area contributed by atoms with Gasteiger partial charge in [-0.05, 0) is 30.9 Å². The van der Waals surface area contributed by atoms with Crippen molar-refractivity contribution in [2.24, 2.45) is 5.92 Å². The largest absolute Gasteiger partial charge is 0.368 e. The Morgan fingerprint density at radius 1 is 1.16 bits per heavy atom. The average Bonchev–Trinajstić information content (AvgIpc) is 3.21. The number of nitrogens with one attached hydrogen (secondary N) is 2. The van der Waals surface area contributed by atoms with E-state index in [1.54, 1.807) is 10.9 Å². The number of nitrogens with zero attached hydrogens (tertiary/aromatic N) is 4. The van der Waals surface area contributed by atoms with Crippen LogP contribution in [0.1, 0.15) is 64.1 Å². The maximum Gasteiger partial charge on any atom is 0.220 e. The van der Waals surface area contributed by atoms with Crippen LogP contribution in [0.3, 0.4) is 0 Å². The number of carbonyl (C=O) groups is 1. The fourth-order valence-electron chi connectivity index (χ4n) is 4.23. The van der Waals surface area contributed by atoms with Gasteiger partial charge in [0.15, 0.2) is 5.65 Å². The summed E-state index contributed by atoms with van der Waals surface area (Å²) in [6.45, 7) is 5.20. The minimum atomic E-state index is 0.0732. The Balaban J connectivity index is 1.62. The van der Waals surface area contributed by atoms with Gasteiger partial charge in [-0.2, -0.15) is 5.10 Å². The van der Waals surface area contributed by atoms with E-state index in [1.807, 2.05) is 38.1 Å². The average molecular weight is 455 g/mol. The Bertz CT molecular complexity index is 1070. The van der Waals surface area contributed by atoms with Crippen molar-refractivity contribution in [2.75, 3.05) is 18.4 Å². The topological polar surface area (TPSA) is 84.7 Å². The Morgan fingerprint density at radius 3 is 2.69 bits per heavy atom. The van der Waals surface area contributed by atoms with Crippen molar-refractivity contribution in [2.45, 2.75) is 58.3 Å². The molecule has 2 aromatic heterocycles. The van der Waals surface area contributed by atoms with Gasteiger partial charge in [0.05, 0.1) is 22.3 Å². The van der Waals surface area contributed by atoms with E-state index in [9.17, 15) is 4.79 Å². The molecule has 1 amide bonds. The minimum absolute atomic E-state index is 0.0732. The van der Waals surface area contributed by atoms with E-state index < -0.39 is 0 Å². The smallest absolute Gasteiger partial charge is 0.220 e. The molecule has 1 fully saturated rings. The van der Waals surface area contributed by atoms with E-state index in [0.717, 1.165) is 41.2 Å². The third-order valence-electron chi connectivity index (χ3n) is 5.83. The van der Waals surface area contributed by atoms with Gasteiger partial charge in [0.25, 0.3) is 0 Å². The second kappa shape index (κ2) is 10.3. The molecule has 0 radical (unpaired) electrons. The quantitative estimate of drug-likeness (QED) is 0.463. The molecule has 0 bridgehead atoms. The standard InChI is InChI=1S/C24H31ClN6O/c1-16(2)14-21(32)26-12-13-27-23-18-15-28-31(20-11-7-6-10-19(20)25)24(18)30-22(29-23)17-8-4-3-5-9-17/h6-7,10-11,15-17H,3-5,8-9,12-14H2,1-2H3,(H,26,32)(H,27,29,30). The molecule has 0 atom stereocenters. The normalized spacial score (nSPS) is 14.8. The molecule has 2 N–H and O–H groups in total. The lowest BCUT2D eigenvalue weighted by Crippen LogP contribution is -2.29. The van der Waals surface area contributed by atoms with Gasteiger partial charge in [0.1, 0.15) is 11.6 Å². The monoisotopic (exact) mass is 454 g/mol. The van der Waals surface area contributed by atoms with Crippen LogP contribution < -0.4 is 10.6 Å². The second-order valence-electron chi connectivity index (χ2n) is 8.89. The Morgan fingerprint density at radius 2 is 1.94 bits per heavy atom. The first kappa shape index (κ1) is 22.5. The molecule has 1 aliphatic carbocycles. The van der Waals surface area contributed by atoms with Crippen molar-refractivity contribution in [3.63, 3.8) is 0 Å². The van der Waals surface area contributed by atoms with Gasteiger partial charge in [-0.1, -0.05) is 56.8 Å². The van der Waals surface area contributed by atoms with Crippen LogP contribution in [-0.4, -0.2) is 38.7 Å². The van der Waals surface area contributed by atoms with Gasteiger partial charge in [-0.3, -0.25) is 4.79 Å². The lowest BCUT2D eigenvalue weighted by Gasteiger charge is -2.21. The van der Waals surface area contributed by atoms with Crippen LogP contribution in [0.25, 0.3) is 16.7 Å². The molecule has 0 spiro atoms. The summed E-state index contributed by atoms with van der Waals surface area (Å²) in [6.07, 6.45) is 8.22. The maximum absolute atomic E-state index is 11.9. The molecule has 0 unspecified atom stereocenters. The number of fused-ring (bicyclic) bond motifs is 1. The van der Waals surface area contributed by atoms with Gasteiger partial charge in [-0.25, -0.2) is 14.6 Å². The number of rotatable bonds is 8. The van der Waals surface area contributed by atoms with Crippen molar-refractivity contribution in [1.29, 1.82) is 0 Å². The molecule has 170 valence electrons. The van der Waals surface area contributed by atoms with Crippen molar-refractivity contribution < 1.29 is 4.79 Å². The molecule has 4 rings (SSSR count). The number of hydrogen-bond acceptors (Lipinski definition) is 5. The highest BCUT2D eigenvalue weighted by atomic mass is 35.5. The molecule has 2 heterocycles. The first-order valence-electron chi connectivity index (χ1n) is 11.5. The van der Waals surface area contributed by atoms with Crippen LogP contribution in [0.15, 0.2) is 30.5 Å². The maximum atomic E-state index is 11.9. The number of anilines is 1. The number of aromatic nitrogens is 4. The first-order chi connectivity index (χ1) is 15.5. The summed E-state index contributed by atoms with van der Waals surface area (Å²) in [6, 6.07) is 7.64. The highest BCUT2D eigenvalue weighted by Crippen LogP contribution is 2.33. The van der Waals surface area contributed by atoms with Crippen molar-refractivity contribution in [3.05, 3.63) is 41.3 Å². The molecule has 1 aromatic carbocycles. The van der Waals surface area contributed by atoms with Crippen LogP contribution in [0.4, 0.5) is 5.82 Å². The lowest BCUT2D eigenvalue weighted by atomic mass is 9.88.